The molecule has 1 atom stereocenters. The summed E-state index contributed by atoms with van der Waals surface area (Å²) < 4.78 is 13.5. The van der Waals surface area contributed by atoms with Crippen LogP contribution in [-0.4, -0.2) is 17.7 Å². The monoisotopic (exact) mass is 342 g/mol. The van der Waals surface area contributed by atoms with Crippen molar-refractivity contribution in [2.45, 2.75) is 6.10 Å². The molecule has 0 aliphatic rings. The molecule has 22 heavy (non-hydrogen) atoms. The van der Waals surface area contributed by atoms with E-state index < -0.39 is 18.0 Å². The molecule has 0 unspecified atom stereocenters. The highest BCUT2D eigenvalue weighted by molar-refractivity contribution is 6.43. The molecular formula is C15H13Cl2FN2O2. The first-order chi connectivity index (χ1) is 10.5. The van der Waals surface area contributed by atoms with Crippen molar-refractivity contribution in [3.63, 3.8) is 0 Å². The average Bonchev–Trinajstić information content (AvgIpc) is 2.50. The van der Waals surface area contributed by atoms with Crippen molar-refractivity contribution in [3.8, 4) is 0 Å². The van der Waals surface area contributed by atoms with E-state index in [-0.39, 0.29) is 17.1 Å². The Hall–Kier alpha value is -1.82. The normalized spacial score (nSPS) is 11.8. The fourth-order valence-corrected chi connectivity index (χ4v) is 2.16. The quantitative estimate of drug-likeness (QED) is 0.786. The summed E-state index contributed by atoms with van der Waals surface area (Å²) in [6, 6.07) is 10.0. The van der Waals surface area contributed by atoms with Gasteiger partial charge in [0, 0.05) is 12.1 Å². The van der Waals surface area contributed by atoms with Crippen LogP contribution >= 0.6 is 23.2 Å². The number of halogens is 3. The molecule has 0 aliphatic carbocycles. The smallest absolute Gasteiger partial charge is 0.319 e. The van der Waals surface area contributed by atoms with E-state index in [1.165, 1.54) is 18.2 Å². The Morgan fingerprint density at radius 3 is 2.64 bits per heavy atom. The van der Waals surface area contributed by atoms with Crippen molar-refractivity contribution in [3.05, 3.63) is 63.9 Å². The van der Waals surface area contributed by atoms with Crippen LogP contribution in [0, 0.1) is 5.82 Å². The summed E-state index contributed by atoms with van der Waals surface area (Å²) in [5, 5.41) is 15.3. The molecule has 116 valence electrons. The molecule has 7 heteroatoms. The van der Waals surface area contributed by atoms with Crippen LogP contribution < -0.4 is 10.6 Å². The van der Waals surface area contributed by atoms with E-state index in [1.807, 2.05) is 0 Å². The zero-order valence-corrected chi connectivity index (χ0v) is 12.8. The van der Waals surface area contributed by atoms with Gasteiger partial charge in [-0.2, -0.15) is 0 Å². The molecule has 0 saturated carbocycles. The van der Waals surface area contributed by atoms with Crippen LogP contribution in [0.2, 0.25) is 10.0 Å². The zero-order chi connectivity index (χ0) is 16.1. The van der Waals surface area contributed by atoms with Gasteiger partial charge in [-0.15, -0.1) is 0 Å². The van der Waals surface area contributed by atoms with Crippen LogP contribution in [0.15, 0.2) is 42.5 Å². The fraction of sp³-hybridized carbons (Fsp3) is 0.133. The standard InChI is InChI=1S/C15H13Cl2FN2O2/c16-10-5-3-7-12(14(10)17)20-15(22)19-8-13(21)9-4-1-2-6-11(9)18/h1-7,13,21H,8H2,(H2,19,20,22)/t13-/m1/s1. The molecule has 2 aromatic carbocycles. The molecule has 0 bridgehead atoms. The van der Waals surface area contributed by atoms with Gasteiger partial charge < -0.3 is 15.7 Å². The van der Waals surface area contributed by atoms with Crippen molar-refractivity contribution in [1.82, 2.24) is 5.32 Å². The summed E-state index contributed by atoms with van der Waals surface area (Å²) in [6.45, 7) is -0.148. The number of anilines is 1. The number of urea groups is 1. The summed E-state index contributed by atoms with van der Waals surface area (Å²) in [5.74, 6) is -0.532. The SMILES string of the molecule is O=C(NC[C@@H](O)c1ccccc1F)Nc1cccc(Cl)c1Cl. The van der Waals surface area contributed by atoms with Gasteiger partial charge >= 0.3 is 6.03 Å². The van der Waals surface area contributed by atoms with Gasteiger partial charge in [0.25, 0.3) is 0 Å². The van der Waals surface area contributed by atoms with Crippen LogP contribution in [0.3, 0.4) is 0 Å². The Kier molecular flexibility index (Phi) is 5.60. The van der Waals surface area contributed by atoms with Gasteiger partial charge in [0.15, 0.2) is 0 Å². The lowest BCUT2D eigenvalue weighted by Crippen LogP contribution is -2.32. The topological polar surface area (TPSA) is 61.4 Å². The van der Waals surface area contributed by atoms with Crippen LogP contribution in [-0.2, 0) is 0 Å². The third-order valence-electron chi connectivity index (χ3n) is 2.92. The second-order valence-electron chi connectivity index (χ2n) is 4.47. The van der Waals surface area contributed by atoms with E-state index in [4.69, 9.17) is 23.2 Å². The van der Waals surface area contributed by atoms with Crippen LogP contribution in [0.25, 0.3) is 0 Å². The average molecular weight is 343 g/mol. The van der Waals surface area contributed by atoms with E-state index in [0.29, 0.717) is 10.7 Å². The maximum Gasteiger partial charge on any atom is 0.319 e. The second-order valence-corrected chi connectivity index (χ2v) is 5.26. The number of carbonyl (C=O) groups is 1. The molecule has 0 aliphatic heterocycles. The second kappa shape index (κ2) is 7.45. The number of benzene rings is 2. The summed E-state index contributed by atoms with van der Waals surface area (Å²) in [5.41, 5.74) is 0.454. The minimum atomic E-state index is -1.15. The number of rotatable bonds is 4. The van der Waals surface area contributed by atoms with E-state index in [0.717, 1.165) is 0 Å². The zero-order valence-electron chi connectivity index (χ0n) is 11.3. The number of nitrogens with one attached hydrogen (secondary N) is 2. The third-order valence-corrected chi connectivity index (χ3v) is 3.74. The molecular weight excluding hydrogens is 330 g/mol. The fourth-order valence-electron chi connectivity index (χ4n) is 1.81. The van der Waals surface area contributed by atoms with Gasteiger partial charge in [0.1, 0.15) is 5.82 Å². The minimum absolute atomic E-state index is 0.114. The predicted octanol–water partition coefficient (Wildman–Crippen LogP) is 3.99. The van der Waals surface area contributed by atoms with Crippen molar-refractivity contribution < 1.29 is 14.3 Å². The molecule has 0 fully saturated rings. The molecule has 0 radical (unpaired) electrons. The van der Waals surface area contributed by atoms with Crippen molar-refractivity contribution in [2.24, 2.45) is 0 Å². The first-order valence-electron chi connectivity index (χ1n) is 6.40. The van der Waals surface area contributed by atoms with Crippen LogP contribution in [0.1, 0.15) is 11.7 Å². The molecule has 2 rings (SSSR count). The molecule has 2 aromatic rings. The van der Waals surface area contributed by atoms with E-state index in [1.54, 1.807) is 24.3 Å². The first kappa shape index (κ1) is 16.5. The lowest BCUT2D eigenvalue weighted by Gasteiger charge is -2.14. The number of aliphatic hydroxyl groups excluding tert-OH is 1. The molecule has 0 heterocycles. The molecule has 3 N–H and O–H groups in total. The molecule has 2 amide bonds. The molecule has 4 nitrogen and oxygen atoms in total. The maximum atomic E-state index is 13.5. The number of hydrogen-bond acceptors (Lipinski definition) is 2. The Bertz CT molecular complexity index is 682. The number of hydrogen-bond donors (Lipinski definition) is 3. The maximum absolute atomic E-state index is 13.5. The predicted molar refractivity (Wildman–Crippen MR) is 84.8 cm³/mol. The number of carbonyl (C=O) groups excluding carboxylic acids is 1. The summed E-state index contributed by atoms with van der Waals surface area (Å²) in [6.07, 6.45) is -1.15. The molecule has 0 aromatic heterocycles. The van der Waals surface area contributed by atoms with Crippen LogP contribution in [0.5, 0.6) is 0 Å². The van der Waals surface area contributed by atoms with Gasteiger partial charge in [0.05, 0.1) is 21.8 Å². The Morgan fingerprint density at radius 1 is 1.18 bits per heavy atom. The van der Waals surface area contributed by atoms with Gasteiger partial charge in [-0.05, 0) is 18.2 Å². The third kappa shape index (κ3) is 4.10. The van der Waals surface area contributed by atoms with E-state index in [2.05, 4.69) is 10.6 Å². The number of amides is 2. The minimum Gasteiger partial charge on any atom is -0.386 e. The van der Waals surface area contributed by atoms with Gasteiger partial charge in [-0.1, -0.05) is 47.5 Å². The molecule has 0 saturated heterocycles. The Labute approximate surface area is 136 Å². The summed E-state index contributed by atoms with van der Waals surface area (Å²) in [4.78, 5) is 11.8. The van der Waals surface area contributed by atoms with Gasteiger partial charge in [-0.25, -0.2) is 9.18 Å². The molecule has 0 spiro atoms. The number of aliphatic hydroxyl groups is 1. The lowest BCUT2D eigenvalue weighted by molar-refractivity contribution is 0.170. The largest absolute Gasteiger partial charge is 0.386 e. The van der Waals surface area contributed by atoms with Gasteiger partial charge in [0.2, 0.25) is 0 Å². The van der Waals surface area contributed by atoms with Gasteiger partial charge in [-0.3, -0.25) is 0 Å². The summed E-state index contributed by atoms with van der Waals surface area (Å²) in [7, 11) is 0. The van der Waals surface area contributed by atoms with Crippen molar-refractivity contribution in [1.29, 1.82) is 0 Å². The van der Waals surface area contributed by atoms with Crippen LogP contribution in [0.4, 0.5) is 14.9 Å². The lowest BCUT2D eigenvalue weighted by atomic mass is 10.1. The Morgan fingerprint density at radius 2 is 1.91 bits per heavy atom. The van der Waals surface area contributed by atoms with E-state index >= 15 is 0 Å². The van der Waals surface area contributed by atoms with Crippen molar-refractivity contribution in [2.75, 3.05) is 11.9 Å². The highest BCUT2D eigenvalue weighted by Gasteiger charge is 2.14. The van der Waals surface area contributed by atoms with E-state index in [9.17, 15) is 14.3 Å². The highest BCUT2D eigenvalue weighted by Crippen LogP contribution is 2.29. The Balaban J connectivity index is 1.93. The highest BCUT2D eigenvalue weighted by atomic mass is 35.5. The first-order valence-corrected chi connectivity index (χ1v) is 7.16. The summed E-state index contributed by atoms with van der Waals surface area (Å²) >= 11 is 11.8. The van der Waals surface area contributed by atoms with Crippen molar-refractivity contribution >= 4 is 34.9 Å².